The Balaban J connectivity index is 0.00000133. The van der Waals surface area contributed by atoms with Crippen LogP contribution in [0.1, 0.15) is 12.5 Å². The molecular formula is C13H18BrClN2O2. The molecular weight excluding hydrogens is 332 g/mol. The summed E-state index contributed by atoms with van der Waals surface area (Å²) in [4.78, 5) is 2.49. The minimum atomic E-state index is 0. The number of ether oxygens (including phenoxy) is 2. The van der Waals surface area contributed by atoms with E-state index in [9.17, 15) is 0 Å². The summed E-state index contributed by atoms with van der Waals surface area (Å²) >= 11 is 3.54. The lowest BCUT2D eigenvalue weighted by Gasteiger charge is -2.33. The summed E-state index contributed by atoms with van der Waals surface area (Å²) in [5.41, 5.74) is 1.26. The lowest BCUT2D eigenvalue weighted by Crippen LogP contribution is -2.49. The van der Waals surface area contributed by atoms with Crippen molar-refractivity contribution in [2.45, 2.75) is 19.5 Å². The Bertz CT molecular complexity index is 459. The first kappa shape index (κ1) is 14.9. The highest BCUT2D eigenvalue weighted by molar-refractivity contribution is 9.10. The van der Waals surface area contributed by atoms with E-state index in [-0.39, 0.29) is 12.4 Å². The Morgan fingerprint density at radius 3 is 3.05 bits per heavy atom. The van der Waals surface area contributed by atoms with Gasteiger partial charge in [-0.3, -0.25) is 4.90 Å². The molecule has 2 heterocycles. The number of benzene rings is 1. The normalized spacial score (nSPS) is 22.1. The maximum absolute atomic E-state index is 5.45. The smallest absolute Gasteiger partial charge is 0.231 e. The number of hydrogen-bond donors (Lipinski definition) is 1. The molecule has 6 heteroatoms. The molecule has 2 aliphatic rings. The molecule has 0 aliphatic carbocycles. The van der Waals surface area contributed by atoms with E-state index in [1.54, 1.807) is 0 Å². The summed E-state index contributed by atoms with van der Waals surface area (Å²) < 4.78 is 11.8. The van der Waals surface area contributed by atoms with Gasteiger partial charge in [0.25, 0.3) is 0 Å². The largest absolute Gasteiger partial charge is 0.454 e. The monoisotopic (exact) mass is 348 g/mol. The first-order valence-corrected chi connectivity index (χ1v) is 7.06. The third kappa shape index (κ3) is 3.16. The molecule has 0 bridgehead atoms. The molecule has 19 heavy (non-hydrogen) atoms. The van der Waals surface area contributed by atoms with Crippen molar-refractivity contribution in [2.24, 2.45) is 0 Å². The standard InChI is InChI=1S/C13H17BrN2O2.ClH/c1-9-6-15-2-3-16(9)7-10-4-11(14)13-12(5-10)17-8-18-13;/h4-5,9,15H,2-3,6-8H2,1H3;1H/t9-;/m1./s1. The van der Waals surface area contributed by atoms with Gasteiger partial charge in [-0.2, -0.15) is 0 Å². The molecule has 1 atom stereocenters. The van der Waals surface area contributed by atoms with Crippen LogP contribution in [0.3, 0.4) is 0 Å². The van der Waals surface area contributed by atoms with E-state index in [1.807, 2.05) is 0 Å². The minimum absolute atomic E-state index is 0. The van der Waals surface area contributed by atoms with Crippen LogP contribution in [0.5, 0.6) is 11.5 Å². The van der Waals surface area contributed by atoms with Gasteiger partial charge in [0, 0.05) is 32.2 Å². The lowest BCUT2D eigenvalue weighted by molar-refractivity contribution is 0.165. The van der Waals surface area contributed by atoms with Crippen LogP contribution in [0.15, 0.2) is 16.6 Å². The Labute approximate surface area is 128 Å². The number of nitrogens with one attached hydrogen (secondary N) is 1. The van der Waals surface area contributed by atoms with E-state index in [4.69, 9.17) is 9.47 Å². The molecule has 0 aromatic heterocycles. The Morgan fingerprint density at radius 1 is 1.42 bits per heavy atom. The van der Waals surface area contributed by atoms with E-state index >= 15 is 0 Å². The first-order valence-electron chi connectivity index (χ1n) is 6.27. The quantitative estimate of drug-likeness (QED) is 0.889. The van der Waals surface area contributed by atoms with Crippen molar-refractivity contribution in [2.75, 3.05) is 26.4 Å². The van der Waals surface area contributed by atoms with E-state index in [0.717, 1.165) is 42.2 Å². The van der Waals surface area contributed by atoms with Gasteiger partial charge in [-0.1, -0.05) is 0 Å². The van der Waals surface area contributed by atoms with Gasteiger partial charge in [0.05, 0.1) is 4.47 Å². The fourth-order valence-corrected chi connectivity index (χ4v) is 3.07. The summed E-state index contributed by atoms with van der Waals surface area (Å²) in [7, 11) is 0. The highest BCUT2D eigenvalue weighted by Crippen LogP contribution is 2.40. The SMILES string of the molecule is C[C@@H]1CNCCN1Cc1cc(Br)c2c(c1)OCO2.Cl. The number of hydrogen-bond acceptors (Lipinski definition) is 4. The van der Waals surface area contributed by atoms with Gasteiger partial charge in [-0.05, 0) is 40.5 Å². The second-order valence-corrected chi connectivity index (χ2v) is 5.69. The summed E-state index contributed by atoms with van der Waals surface area (Å²) in [6.45, 7) is 6.75. The molecule has 0 spiro atoms. The molecule has 1 aromatic carbocycles. The minimum Gasteiger partial charge on any atom is -0.454 e. The van der Waals surface area contributed by atoms with E-state index in [0.29, 0.717) is 12.8 Å². The molecule has 0 saturated carbocycles. The van der Waals surface area contributed by atoms with Crippen LogP contribution in [0, 0.1) is 0 Å². The van der Waals surface area contributed by atoms with Gasteiger partial charge < -0.3 is 14.8 Å². The highest BCUT2D eigenvalue weighted by Gasteiger charge is 2.21. The summed E-state index contributed by atoms with van der Waals surface area (Å²) in [5, 5.41) is 3.41. The molecule has 0 radical (unpaired) electrons. The predicted molar refractivity (Wildman–Crippen MR) is 80.3 cm³/mol. The number of nitrogens with zero attached hydrogens (tertiary/aromatic N) is 1. The van der Waals surface area contributed by atoms with Gasteiger partial charge in [-0.25, -0.2) is 0 Å². The zero-order chi connectivity index (χ0) is 12.5. The lowest BCUT2D eigenvalue weighted by atomic mass is 10.1. The number of halogens is 2. The number of fused-ring (bicyclic) bond motifs is 1. The van der Waals surface area contributed by atoms with Crippen molar-refractivity contribution >= 4 is 28.3 Å². The third-order valence-electron chi connectivity index (χ3n) is 3.51. The molecule has 1 fully saturated rings. The fraction of sp³-hybridized carbons (Fsp3) is 0.538. The molecule has 0 unspecified atom stereocenters. The Morgan fingerprint density at radius 2 is 2.26 bits per heavy atom. The van der Waals surface area contributed by atoms with Gasteiger partial charge in [0.15, 0.2) is 11.5 Å². The van der Waals surface area contributed by atoms with E-state index in [2.05, 4.69) is 45.2 Å². The van der Waals surface area contributed by atoms with Crippen molar-refractivity contribution in [3.05, 3.63) is 22.2 Å². The van der Waals surface area contributed by atoms with Crippen LogP contribution in [0.2, 0.25) is 0 Å². The summed E-state index contributed by atoms with van der Waals surface area (Å²) in [6, 6.07) is 4.78. The fourth-order valence-electron chi connectivity index (χ4n) is 2.46. The van der Waals surface area contributed by atoms with Gasteiger partial charge in [-0.15, -0.1) is 12.4 Å². The van der Waals surface area contributed by atoms with Crippen molar-refractivity contribution in [1.82, 2.24) is 10.2 Å². The number of rotatable bonds is 2. The van der Waals surface area contributed by atoms with Crippen LogP contribution in [-0.2, 0) is 6.54 Å². The van der Waals surface area contributed by atoms with Crippen molar-refractivity contribution in [1.29, 1.82) is 0 Å². The van der Waals surface area contributed by atoms with Crippen molar-refractivity contribution < 1.29 is 9.47 Å². The van der Waals surface area contributed by atoms with Crippen LogP contribution < -0.4 is 14.8 Å². The van der Waals surface area contributed by atoms with Crippen molar-refractivity contribution in [3.63, 3.8) is 0 Å². The van der Waals surface area contributed by atoms with Crippen LogP contribution >= 0.6 is 28.3 Å². The maximum atomic E-state index is 5.45. The topological polar surface area (TPSA) is 33.7 Å². The maximum Gasteiger partial charge on any atom is 0.231 e. The molecule has 1 aromatic rings. The Hall–Kier alpha value is -0.490. The number of piperazine rings is 1. The Kier molecular flexibility index (Phi) is 4.95. The molecule has 4 nitrogen and oxygen atoms in total. The van der Waals surface area contributed by atoms with Gasteiger partial charge >= 0.3 is 0 Å². The summed E-state index contributed by atoms with van der Waals surface area (Å²) in [6.07, 6.45) is 0. The average Bonchev–Trinajstić information content (AvgIpc) is 2.81. The zero-order valence-electron chi connectivity index (χ0n) is 10.8. The van der Waals surface area contributed by atoms with Gasteiger partial charge in [0.1, 0.15) is 0 Å². The zero-order valence-corrected chi connectivity index (χ0v) is 13.2. The highest BCUT2D eigenvalue weighted by atomic mass is 79.9. The van der Waals surface area contributed by atoms with Crippen LogP contribution in [-0.4, -0.2) is 37.4 Å². The van der Waals surface area contributed by atoms with Crippen LogP contribution in [0.4, 0.5) is 0 Å². The molecule has 0 amide bonds. The molecule has 1 saturated heterocycles. The second-order valence-electron chi connectivity index (χ2n) is 4.84. The van der Waals surface area contributed by atoms with Crippen LogP contribution in [0.25, 0.3) is 0 Å². The van der Waals surface area contributed by atoms with Crippen molar-refractivity contribution in [3.8, 4) is 11.5 Å². The predicted octanol–water partition coefficient (Wildman–Crippen LogP) is 2.39. The first-order chi connectivity index (χ1) is 8.74. The van der Waals surface area contributed by atoms with Gasteiger partial charge in [0.2, 0.25) is 6.79 Å². The summed E-state index contributed by atoms with van der Waals surface area (Å²) in [5.74, 6) is 1.68. The molecule has 3 rings (SSSR count). The van der Waals surface area contributed by atoms with E-state index in [1.165, 1.54) is 5.56 Å². The third-order valence-corrected chi connectivity index (χ3v) is 4.10. The molecule has 106 valence electrons. The second kappa shape index (κ2) is 6.31. The average molecular weight is 350 g/mol. The molecule has 2 aliphatic heterocycles. The molecule has 1 N–H and O–H groups in total. The van der Waals surface area contributed by atoms with E-state index < -0.39 is 0 Å².